The standard InChI is InChI=1S/C6H4N6O2/c13-6(14)5-9-10-11-12(5)4-3-7-1-2-8-4/h1-3H,(H,13,14). The first-order valence-corrected chi connectivity index (χ1v) is 3.57. The van der Waals surface area contributed by atoms with Crippen molar-refractivity contribution >= 4 is 5.97 Å². The van der Waals surface area contributed by atoms with Crippen LogP contribution in [-0.2, 0) is 0 Å². The molecule has 0 aliphatic rings. The summed E-state index contributed by atoms with van der Waals surface area (Å²) in [6, 6.07) is 0. The fourth-order valence-electron chi connectivity index (χ4n) is 0.875. The van der Waals surface area contributed by atoms with E-state index in [-0.39, 0.29) is 11.6 Å². The number of nitrogens with zero attached hydrogens (tertiary/aromatic N) is 6. The molecule has 0 aromatic carbocycles. The van der Waals surface area contributed by atoms with E-state index in [1.807, 2.05) is 0 Å². The molecule has 1 N–H and O–H groups in total. The Bertz CT molecular complexity index is 452. The van der Waals surface area contributed by atoms with Crippen molar-refractivity contribution < 1.29 is 9.90 Å². The topological polar surface area (TPSA) is 107 Å². The molecule has 70 valence electrons. The summed E-state index contributed by atoms with van der Waals surface area (Å²) >= 11 is 0. The quantitative estimate of drug-likeness (QED) is 0.660. The molecule has 2 heterocycles. The van der Waals surface area contributed by atoms with Crippen LogP contribution in [-0.4, -0.2) is 41.3 Å². The molecule has 2 aromatic heterocycles. The van der Waals surface area contributed by atoms with Crippen LogP contribution in [0.25, 0.3) is 5.82 Å². The van der Waals surface area contributed by atoms with Gasteiger partial charge in [-0.05, 0) is 10.4 Å². The highest BCUT2D eigenvalue weighted by atomic mass is 16.4. The molecule has 0 unspecified atom stereocenters. The van der Waals surface area contributed by atoms with Crippen molar-refractivity contribution in [3.05, 3.63) is 24.4 Å². The number of hydrogen-bond acceptors (Lipinski definition) is 6. The lowest BCUT2D eigenvalue weighted by molar-refractivity contribution is 0.0680. The van der Waals surface area contributed by atoms with E-state index in [0.717, 1.165) is 4.68 Å². The van der Waals surface area contributed by atoms with Gasteiger partial charge in [0.25, 0.3) is 5.82 Å². The number of tetrazole rings is 1. The number of aromatic carboxylic acids is 1. The second-order valence-corrected chi connectivity index (χ2v) is 2.28. The van der Waals surface area contributed by atoms with Crippen molar-refractivity contribution in [1.82, 2.24) is 30.2 Å². The number of rotatable bonds is 2. The minimum atomic E-state index is -1.22. The van der Waals surface area contributed by atoms with Gasteiger partial charge in [-0.2, -0.15) is 4.68 Å². The van der Waals surface area contributed by atoms with Crippen LogP contribution in [0, 0.1) is 0 Å². The van der Waals surface area contributed by atoms with E-state index in [9.17, 15) is 4.79 Å². The molecule has 0 saturated heterocycles. The second kappa shape index (κ2) is 3.17. The maximum atomic E-state index is 10.6. The van der Waals surface area contributed by atoms with Crippen LogP contribution in [0.1, 0.15) is 10.6 Å². The van der Waals surface area contributed by atoms with Gasteiger partial charge in [0.2, 0.25) is 0 Å². The maximum absolute atomic E-state index is 10.6. The van der Waals surface area contributed by atoms with Gasteiger partial charge in [-0.25, -0.2) is 9.78 Å². The Labute approximate surface area is 77.2 Å². The Kier molecular flexibility index (Phi) is 1.86. The van der Waals surface area contributed by atoms with E-state index < -0.39 is 5.97 Å². The maximum Gasteiger partial charge on any atom is 0.376 e. The predicted molar refractivity (Wildman–Crippen MR) is 41.7 cm³/mol. The van der Waals surface area contributed by atoms with Gasteiger partial charge >= 0.3 is 5.97 Å². The third-order valence-corrected chi connectivity index (χ3v) is 1.43. The SMILES string of the molecule is O=C(O)c1nnnn1-c1cnccn1. The lowest BCUT2D eigenvalue weighted by atomic mass is 10.6. The Morgan fingerprint density at radius 2 is 2.29 bits per heavy atom. The van der Waals surface area contributed by atoms with Crippen molar-refractivity contribution in [3.8, 4) is 5.82 Å². The lowest BCUT2D eigenvalue weighted by Gasteiger charge is -1.97. The summed E-state index contributed by atoms with van der Waals surface area (Å²) in [7, 11) is 0. The second-order valence-electron chi connectivity index (χ2n) is 2.28. The molecule has 0 atom stereocenters. The van der Waals surface area contributed by atoms with Crippen LogP contribution in [0.4, 0.5) is 0 Å². The smallest absolute Gasteiger partial charge is 0.376 e. The molecule has 0 spiro atoms. The summed E-state index contributed by atoms with van der Waals surface area (Å²) < 4.78 is 0.995. The monoisotopic (exact) mass is 192 g/mol. The van der Waals surface area contributed by atoms with E-state index in [0.29, 0.717) is 0 Å². The number of hydrogen-bond donors (Lipinski definition) is 1. The zero-order chi connectivity index (χ0) is 9.97. The van der Waals surface area contributed by atoms with Crippen LogP contribution in [0.2, 0.25) is 0 Å². The normalized spacial score (nSPS) is 10.0. The Morgan fingerprint density at radius 1 is 1.43 bits per heavy atom. The average Bonchev–Trinajstić information content (AvgIpc) is 2.67. The van der Waals surface area contributed by atoms with Gasteiger partial charge in [0.15, 0.2) is 5.82 Å². The summed E-state index contributed by atoms with van der Waals surface area (Å²) in [5, 5.41) is 18.7. The van der Waals surface area contributed by atoms with E-state index in [2.05, 4.69) is 25.5 Å². The number of carboxylic acids is 1. The third kappa shape index (κ3) is 1.28. The van der Waals surface area contributed by atoms with Crippen molar-refractivity contribution in [2.75, 3.05) is 0 Å². The third-order valence-electron chi connectivity index (χ3n) is 1.43. The molecule has 0 fully saturated rings. The Hall–Kier alpha value is -2.38. The minimum Gasteiger partial charge on any atom is -0.475 e. The molecule has 0 aliphatic heterocycles. The molecular formula is C6H4N6O2. The number of aromatic nitrogens is 6. The van der Waals surface area contributed by atoms with Crippen LogP contribution in [0.15, 0.2) is 18.6 Å². The fourth-order valence-corrected chi connectivity index (χ4v) is 0.875. The van der Waals surface area contributed by atoms with Crippen LogP contribution >= 0.6 is 0 Å². The van der Waals surface area contributed by atoms with Crippen molar-refractivity contribution in [3.63, 3.8) is 0 Å². The Morgan fingerprint density at radius 3 is 2.93 bits per heavy atom. The molecule has 8 heteroatoms. The van der Waals surface area contributed by atoms with Crippen LogP contribution < -0.4 is 0 Å². The highest BCUT2D eigenvalue weighted by molar-refractivity contribution is 5.83. The summed E-state index contributed by atoms with van der Waals surface area (Å²) in [5.74, 6) is -1.26. The molecule has 0 amide bonds. The van der Waals surface area contributed by atoms with Crippen molar-refractivity contribution in [1.29, 1.82) is 0 Å². The van der Waals surface area contributed by atoms with E-state index >= 15 is 0 Å². The van der Waals surface area contributed by atoms with Crippen LogP contribution in [0.3, 0.4) is 0 Å². The zero-order valence-electron chi connectivity index (χ0n) is 6.77. The zero-order valence-corrected chi connectivity index (χ0v) is 6.77. The van der Waals surface area contributed by atoms with Crippen molar-refractivity contribution in [2.24, 2.45) is 0 Å². The molecular weight excluding hydrogens is 188 g/mol. The molecule has 8 nitrogen and oxygen atoms in total. The fraction of sp³-hybridized carbons (Fsp3) is 0. The van der Waals surface area contributed by atoms with Crippen molar-refractivity contribution in [2.45, 2.75) is 0 Å². The number of carboxylic acid groups (broad SMARTS) is 1. The van der Waals surface area contributed by atoms with Gasteiger partial charge in [-0.3, -0.25) is 4.98 Å². The largest absolute Gasteiger partial charge is 0.475 e. The van der Waals surface area contributed by atoms with Gasteiger partial charge in [-0.1, -0.05) is 0 Å². The van der Waals surface area contributed by atoms with E-state index in [1.165, 1.54) is 18.6 Å². The molecule has 0 bridgehead atoms. The van der Waals surface area contributed by atoms with Gasteiger partial charge in [-0.15, -0.1) is 5.10 Å². The summed E-state index contributed by atoms with van der Waals surface area (Å²) in [6.07, 6.45) is 4.25. The predicted octanol–water partition coefficient (Wildman–Crippen LogP) is -0.850. The molecule has 2 aromatic rings. The highest BCUT2D eigenvalue weighted by Crippen LogP contribution is 2.00. The molecule has 0 aliphatic carbocycles. The molecule has 0 saturated carbocycles. The molecule has 0 radical (unpaired) electrons. The van der Waals surface area contributed by atoms with Gasteiger partial charge in [0.1, 0.15) is 0 Å². The average molecular weight is 192 g/mol. The first-order chi connectivity index (χ1) is 6.79. The number of carbonyl (C=O) groups is 1. The van der Waals surface area contributed by atoms with Gasteiger partial charge < -0.3 is 5.11 Å². The first-order valence-electron chi connectivity index (χ1n) is 3.57. The van der Waals surface area contributed by atoms with Crippen LogP contribution in [0.5, 0.6) is 0 Å². The summed E-state index contributed by atoms with van der Waals surface area (Å²) in [6.45, 7) is 0. The Balaban J connectivity index is 2.52. The summed E-state index contributed by atoms with van der Waals surface area (Å²) in [4.78, 5) is 18.3. The summed E-state index contributed by atoms with van der Waals surface area (Å²) in [5.41, 5.74) is 0. The van der Waals surface area contributed by atoms with Gasteiger partial charge in [0, 0.05) is 12.4 Å². The van der Waals surface area contributed by atoms with Gasteiger partial charge in [0.05, 0.1) is 6.20 Å². The lowest BCUT2D eigenvalue weighted by Crippen LogP contribution is -2.10. The highest BCUT2D eigenvalue weighted by Gasteiger charge is 2.15. The molecule has 14 heavy (non-hydrogen) atoms. The van der Waals surface area contributed by atoms with E-state index in [4.69, 9.17) is 5.11 Å². The minimum absolute atomic E-state index is 0.259. The van der Waals surface area contributed by atoms with E-state index in [1.54, 1.807) is 0 Å². The first kappa shape index (κ1) is 8.23. The molecule has 2 rings (SSSR count).